The largest absolute Gasteiger partial charge is 0.493 e. The first-order valence-corrected chi connectivity index (χ1v) is 8.05. The van der Waals surface area contributed by atoms with E-state index >= 15 is 0 Å². The Hall–Kier alpha value is -0.870. The number of carbonyl (C=O) groups excluding carboxylic acids is 1. The van der Waals surface area contributed by atoms with Gasteiger partial charge >= 0.3 is 0 Å². The van der Waals surface area contributed by atoms with Gasteiger partial charge in [0.05, 0.1) is 6.61 Å². The summed E-state index contributed by atoms with van der Waals surface area (Å²) in [6.45, 7) is 3.57. The molecule has 0 aliphatic carbocycles. The van der Waals surface area contributed by atoms with Gasteiger partial charge in [-0.15, -0.1) is 0 Å². The van der Waals surface area contributed by atoms with E-state index in [-0.39, 0.29) is 5.78 Å². The summed E-state index contributed by atoms with van der Waals surface area (Å²) in [5.74, 6) is 1.73. The van der Waals surface area contributed by atoms with Crippen molar-refractivity contribution in [3.8, 4) is 5.75 Å². The Labute approximate surface area is 129 Å². The first-order valence-electron chi connectivity index (χ1n) is 7.26. The molecule has 1 atom stereocenters. The highest BCUT2D eigenvalue weighted by molar-refractivity contribution is 9.10. The Morgan fingerprint density at radius 1 is 1.45 bits per heavy atom. The van der Waals surface area contributed by atoms with Crippen LogP contribution in [0.5, 0.6) is 5.75 Å². The van der Waals surface area contributed by atoms with Crippen LogP contribution in [0, 0.1) is 5.92 Å². The van der Waals surface area contributed by atoms with E-state index in [1.807, 2.05) is 6.07 Å². The molecule has 1 heterocycles. The standard InChI is InChI=1S/C16H22BrNO2/c1-11(4-6-18)2-3-15(19)10-13-9-14(17)8-12-5-7-20-16(12)13/h8-9,11H,2-7,10,18H2,1H3. The van der Waals surface area contributed by atoms with Crippen molar-refractivity contribution < 1.29 is 9.53 Å². The molecular formula is C16H22BrNO2. The topological polar surface area (TPSA) is 52.3 Å². The minimum absolute atomic E-state index is 0.282. The molecule has 0 radical (unpaired) electrons. The van der Waals surface area contributed by atoms with Crippen LogP contribution in [0.15, 0.2) is 16.6 Å². The van der Waals surface area contributed by atoms with Crippen molar-refractivity contribution in [2.24, 2.45) is 11.7 Å². The molecule has 0 amide bonds. The summed E-state index contributed by atoms with van der Waals surface area (Å²) >= 11 is 3.51. The molecule has 1 aliphatic heterocycles. The highest BCUT2D eigenvalue weighted by Gasteiger charge is 2.19. The second kappa shape index (κ2) is 7.23. The minimum Gasteiger partial charge on any atom is -0.493 e. The summed E-state index contributed by atoms with van der Waals surface area (Å²) in [6, 6.07) is 4.09. The summed E-state index contributed by atoms with van der Waals surface area (Å²) < 4.78 is 6.69. The molecule has 3 nitrogen and oxygen atoms in total. The summed E-state index contributed by atoms with van der Waals surface area (Å²) in [5, 5.41) is 0. The van der Waals surface area contributed by atoms with Gasteiger partial charge in [0.15, 0.2) is 0 Å². The first kappa shape index (κ1) is 15.5. The number of benzene rings is 1. The molecule has 0 saturated heterocycles. The average Bonchev–Trinajstić information content (AvgIpc) is 2.85. The number of ether oxygens (including phenoxy) is 1. The molecule has 1 unspecified atom stereocenters. The Morgan fingerprint density at radius 3 is 3.00 bits per heavy atom. The third-order valence-corrected chi connectivity index (χ3v) is 4.25. The van der Waals surface area contributed by atoms with Gasteiger partial charge in [0.2, 0.25) is 0 Å². The number of hydrogen-bond donors (Lipinski definition) is 1. The average molecular weight is 340 g/mol. The van der Waals surface area contributed by atoms with Crippen molar-refractivity contribution in [2.75, 3.05) is 13.2 Å². The SMILES string of the molecule is CC(CCN)CCC(=O)Cc1cc(Br)cc2c1OCC2. The van der Waals surface area contributed by atoms with Crippen LogP contribution in [-0.4, -0.2) is 18.9 Å². The molecule has 110 valence electrons. The van der Waals surface area contributed by atoms with Crippen molar-refractivity contribution in [3.05, 3.63) is 27.7 Å². The summed E-state index contributed by atoms with van der Waals surface area (Å²) in [5.41, 5.74) is 7.75. The molecule has 0 fully saturated rings. The maximum absolute atomic E-state index is 12.1. The maximum Gasteiger partial charge on any atom is 0.137 e. The highest BCUT2D eigenvalue weighted by Crippen LogP contribution is 2.33. The van der Waals surface area contributed by atoms with Crippen LogP contribution >= 0.6 is 15.9 Å². The number of ketones is 1. The second-order valence-corrected chi connectivity index (χ2v) is 6.50. The summed E-state index contributed by atoms with van der Waals surface area (Å²) in [6.07, 6.45) is 3.94. The van der Waals surface area contributed by atoms with E-state index in [0.29, 0.717) is 25.3 Å². The van der Waals surface area contributed by atoms with Crippen LogP contribution in [0.4, 0.5) is 0 Å². The number of Topliss-reactive ketones (excluding diaryl/α,β-unsaturated/α-hetero) is 1. The van der Waals surface area contributed by atoms with Gasteiger partial charge in [-0.1, -0.05) is 22.9 Å². The zero-order chi connectivity index (χ0) is 14.5. The minimum atomic E-state index is 0.282. The lowest BCUT2D eigenvalue weighted by Crippen LogP contribution is -2.09. The highest BCUT2D eigenvalue weighted by atomic mass is 79.9. The van der Waals surface area contributed by atoms with E-state index in [1.165, 1.54) is 5.56 Å². The van der Waals surface area contributed by atoms with Crippen LogP contribution in [-0.2, 0) is 17.6 Å². The molecule has 2 N–H and O–H groups in total. The number of hydrogen-bond acceptors (Lipinski definition) is 3. The smallest absolute Gasteiger partial charge is 0.137 e. The van der Waals surface area contributed by atoms with Crippen LogP contribution in [0.2, 0.25) is 0 Å². The van der Waals surface area contributed by atoms with Gasteiger partial charge in [0.1, 0.15) is 11.5 Å². The van der Waals surface area contributed by atoms with E-state index in [1.54, 1.807) is 0 Å². The van der Waals surface area contributed by atoms with E-state index in [4.69, 9.17) is 10.5 Å². The van der Waals surface area contributed by atoms with Crippen molar-refractivity contribution in [2.45, 2.75) is 39.0 Å². The van der Waals surface area contributed by atoms with Gasteiger partial charge in [-0.2, -0.15) is 0 Å². The third-order valence-electron chi connectivity index (χ3n) is 3.79. The fourth-order valence-corrected chi connectivity index (χ4v) is 3.17. The quantitative estimate of drug-likeness (QED) is 0.829. The van der Waals surface area contributed by atoms with Crippen molar-refractivity contribution in [1.82, 2.24) is 0 Å². The molecule has 1 aliphatic rings. The number of halogens is 1. The third kappa shape index (κ3) is 4.06. The number of rotatable bonds is 7. The Kier molecular flexibility index (Phi) is 5.61. The van der Waals surface area contributed by atoms with Gasteiger partial charge in [0.25, 0.3) is 0 Å². The Morgan fingerprint density at radius 2 is 2.25 bits per heavy atom. The van der Waals surface area contributed by atoms with Crippen LogP contribution in [0.3, 0.4) is 0 Å². The number of fused-ring (bicyclic) bond motifs is 1. The van der Waals surface area contributed by atoms with Crippen molar-refractivity contribution in [1.29, 1.82) is 0 Å². The lowest BCUT2D eigenvalue weighted by Gasteiger charge is -2.11. The molecule has 4 heteroatoms. The molecule has 1 aromatic rings. The van der Waals surface area contributed by atoms with E-state index < -0.39 is 0 Å². The number of nitrogens with two attached hydrogens (primary N) is 1. The maximum atomic E-state index is 12.1. The van der Waals surface area contributed by atoms with Crippen LogP contribution in [0.1, 0.15) is 37.3 Å². The zero-order valence-electron chi connectivity index (χ0n) is 12.0. The second-order valence-electron chi connectivity index (χ2n) is 5.59. The molecule has 20 heavy (non-hydrogen) atoms. The fraction of sp³-hybridized carbons (Fsp3) is 0.562. The predicted octanol–water partition coefficient (Wildman–Crippen LogP) is 3.26. The van der Waals surface area contributed by atoms with Crippen molar-refractivity contribution in [3.63, 3.8) is 0 Å². The predicted molar refractivity (Wildman–Crippen MR) is 84.1 cm³/mol. The van der Waals surface area contributed by atoms with Crippen molar-refractivity contribution >= 4 is 21.7 Å². The van der Waals surface area contributed by atoms with Gasteiger partial charge in [-0.05, 0) is 43.0 Å². The first-order chi connectivity index (χ1) is 9.60. The summed E-state index contributed by atoms with van der Waals surface area (Å²) in [4.78, 5) is 12.1. The lowest BCUT2D eigenvalue weighted by molar-refractivity contribution is -0.118. The van der Waals surface area contributed by atoms with E-state index in [0.717, 1.165) is 41.7 Å². The molecular weight excluding hydrogens is 318 g/mol. The van der Waals surface area contributed by atoms with Gasteiger partial charge in [-0.25, -0.2) is 0 Å². The van der Waals surface area contributed by atoms with Gasteiger partial charge in [0, 0.05) is 29.3 Å². The Balaban J connectivity index is 1.95. The van der Waals surface area contributed by atoms with Crippen LogP contribution in [0.25, 0.3) is 0 Å². The lowest BCUT2D eigenvalue weighted by atomic mass is 9.97. The van der Waals surface area contributed by atoms with E-state index in [9.17, 15) is 4.79 Å². The van der Waals surface area contributed by atoms with Gasteiger partial charge in [-0.3, -0.25) is 4.79 Å². The molecule has 0 bridgehead atoms. The normalized spacial score (nSPS) is 14.8. The van der Waals surface area contributed by atoms with E-state index in [2.05, 4.69) is 28.9 Å². The van der Waals surface area contributed by atoms with Crippen LogP contribution < -0.4 is 10.5 Å². The summed E-state index contributed by atoms with van der Waals surface area (Å²) in [7, 11) is 0. The number of carbonyl (C=O) groups is 1. The monoisotopic (exact) mass is 339 g/mol. The fourth-order valence-electron chi connectivity index (χ4n) is 2.61. The Bertz CT molecular complexity index is 488. The molecule has 2 rings (SSSR count). The molecule has 0 aromatic heterocycles. The molecule has 0 spiro atoms. The van der Waals surface area contributed by atoms with Gasteiger partial charge < -0.3 is 10.5 Å². The zero-order valence-corrected chi connectivity index (χ0v) is 13.5. The molecule has 0 saturated carbocycles. The molecule has 1 aromatic carbocycles.